The zero-order chi connectivity index (χ0) is 16.4. The number of benzene rings is 1. The van der Waals surface area contributed by atoms with Crippen molar-refractivity contribution >= 4 is 23.9 Å². The highest BCUT2D eigenvalue weighted by atomic mass is 35.5. The molecule has 0 radical (unpaired) electrons. The Morgan fingerprint density at radius 1 is 1.35 bits per heavy atom. The van der Waals surface area contributed by atoms with Gasteiger partial charge in [0.2, 0.25) is 5.75 Å². The summed E-state index contributed by atoms with van der Waals surface area (Å²) < 4.78 is 5.57. The fraction of sp³-hybridized carbons (Fsp3) is 0.500. The number of nitrogens with zero attached hydrogens (tertiary/aromatic N) is 2. The Labute approximate surface area is 139 Å². The summed E-state index contributed by atoms with van der Waals surface area (Å²) in [4.78, 5) is 24.1. The fourth-order valence-electron chi connectivity index (χ4n) is 2.61. The van der Waals surface area contributed by atoms with Gasteiger partial charge in [-0.25, -0.2) is 0 Å². The lowest BCUT2D eigenvalue weighted by Crippen LogP contribution is -2.47. The molecule has 0 amide bonds. The number of Topliss-reactive ketones (excluding diaryl/α,β-unsaturated/α-hetero) is 1. The van der Waals surface area contributed by atoms with Gasteiger partial charge in [0, 0.05) is 24.7 Å². The average molecular weight is 347 g/mol. The van der Waals surface area contributed by atoms with E-state index in [-0.39, 0.29) is 42.5 Å². The molecule has 8 nitrogen and oxygen atoms in total. The van der Waals surface area contributed by atoms with Gasteiger partial charge in [-0.3, -0.25) is 19.8 Å². The number of hydrogen-bond donors (Lipinski definition) is 2. The first kappa shape index (κ1) is 19.1. The Kier molecular flexibility index (Phi) is 6.31. The first-order valence-corrected chi connectivity index (χ1v) is 6.89. The lowest BCUT2D eigenvalue weighted by molar-refractivity contribution is -0.386. The van der Waals surface area contributed by atoms with Gasteiger partial charge >= 0.3 is 5.69 Å². The van der Waals surface area contributed by atoms with Crippen molar-refractivity contribution in [2.75, 3.05) is 19.6 Å². The summed E-state index contributed by atoms with van der Waals surface area (Å²) in [6.07, 6.45) is -0.00165. The highest BCUT2D eigenvalue weighted by molar-refractivity contribution is 5.99. The average Bonchev–Trinajstić information content (AvgIpc) is 2.39. The van der Waals surface area contributed by atoms with Crippen LogP contribution >= 0.6 is 12.4 Å². The highest BCUT2D eigenvalue weighted by Crippen LogP contribution is 2.36. The molecule has 1 aliphatic rings. The Balaban J connectivity index is 0.00000264. The summed E-state index contributed by atoms with van der Waals surface area (Å²) in [5, 5.41) is 29.8. The summed E-state index contributed by atoms with van der Waals surface area (Å²) in [7, 11) is 0. The maximum atomic E-state index is 12.3. The van der Waals surface area contributed by atoms with Gasteiger partial charge in [-0.2, -0.15) is 0 Å². The molecule has 128 valence electrons. The van der Waals surface area contributed by atoms with E-state index >= 15 is 0 Å². The third kappa shape index (κ3) is 4.54. The van der Waals surface area contributed by atoms with Crippen LogP contribution in [0.25, 0.3) is 0 Å². The summed E-state index contributed by atoms with van der Waals surface area (Å²) in [6, 6.07) is 2.02. The van der Waals surface area contributed by atoms with Crippen molar-refractivity contribution in [3.05, 3.63) is 27.8 Å². The monoisotopic (exact) mass is 346 g/mol. The summed E-state index contributed by atoms with van der Waals surface area (Å²) in [5.41, 5.74) is -0.694. The molecule has 0 aromatic heterocycles. The number of phenolic OH excluding ortho intramolecular Hbond substituents is 2. The Morgan fingerprint density at radius 2 is 1.91 bits per heavy atom. The van der Waals surface area contributed by atoms with Crippen molar-refractivity contribution in [2.45, 2.75) is 26.1 Å². The molecule has 0 spiro atoms. The van der Waals surface area contributed by atoms with Crippen LogP contribution in [0.1, 0.15) is 24.2 Å². The highest BCUT2D eigenvalue weighted by Gasteiger charge is 2.26. The first-order chi connectivity index (χ1) is 10.3. The molecule has 1 saturated heterocycles. The van der Waals surface area contributed by atoms with E-state index in [1.165, 1.54) is 0 Å². The number of ether oxygens (including phenoxy) is 1. The van der Waals surface area contributed by atoms with Crippen LogP contribution in [-0.4, -0.2) is 57.7 Å². The maximum Gasteiger partial charge on any atom is 0.315 e. The molecule has 1 aromatic carbocycles. The number of aromatic hydroxyl groups is 2. The van der Waals surface area contributed by atoms with Crippen LogP contribution in [0.15, 0.2) is 12.1 Å². The van der Waals surface area contributed by atoms with Gasteiger partial charge in [0.1, 0.15) is 0 Å². The Hall–Kier alpha value is -1.90. The van der Waals surface area contributed by atoms with Gasteiger partial charge in [0.15, 0.2) is 11.5 Å². The molecule has 2 N–H and O–H groups in total. The molecule has 2 atom stereocenters. The number of rotatable bonds is 4. The number of hydrogen-bond acceptors (Lipinski definition) is 7. The quantitative estimate of drug-likeness (QED) is 0.369. The topological polar surface area (TPSA) is 113 Å². The number of nitro groups is 1. The van der Waals surface area contributed by atoms with Crippen LogP contribution in [0.4, 0.5) is 5.69 Å². The SMILES string of the molecule is CC1CN(CC(=O)c2cc(O)c(O)c([N+](=O)[O-])c2)CC(C)O1.Cl. The molecule has 1 heterocycles. The molecule has 0 saturated carbocycles. The second kappa shape index (κ2) is 7.58. The van der Waals surface area contributed by atoms with Crippen LogP contribution in [0, 0.1) is 10.1 Å². The van der Waals surface area contributed by atoms with Crippen LogP contribution in [0.3, 0.4) is 0 Å². The third-order valence-corrected chi connectivity index (χ3v) is 3.45. The molecule has 0 aliphatic carbocycles. The van der Waals surface area contributed by atoms with Crippen LogP contribution in [0.2, 0.25) is 0 Å². The predicted molar refractivity (Wildman–Crippen MR) is 84.5 cm³/mol. The molecule has 1 aliphatic heterocycles. The third-order valence-electron chi connectivity index (χ3n) is 3.45. The number of halogens is 1. The normalized spacial score (nSPS) is 21.5. The number of phenols is 2. The first-order valence-electron chi connectivity index (χ1n) is 6.89. The molecule has 23 heavy (non-hydrogen) atoms. The second-order valence-electron chi connectivity index (χ2n) is 5.49. The van der Waals surface area contributed by atoms with Gasteiger partial charge < -0.3 is 14.9 Å². The van der Waals surface area contributed by atoms with E-state index in [1.54, 1.807) is 0 Å². The Morgan fingerprint density at radius 3 is 2.43 bits per heavy atom. The van der Waals surface area contributed by atoms with Gasteiger partial charge in [-0.1, -0.05) is 0 Å². The zero-order valence-corrected chi connectivity index (χ0v) is 13.6. The van der Waals surface area contributed by atoms with Gasteiger partial charge in [-0.15, -0.1) is 12.4 Å². The lowest BCUT2D eigenvalue weighted by atomic mass is 10.1. The van der Waals surface area contributed by atoms with Crippen molar-refractivity contribution in [3.63, 3.8) is 0 Å². The summed E-state index contributed by atoms with van der Waals surface area (Å²) in [5.74, 6) is -1.88. The number of carbonyl (C=O) groups excluding carboxylic acids is 1. The molecule has 2 unspecified atom stereocenters. The van der Waals surface area contributed by atoms with Gasteiger partial charge in [0.05, 0.1) is 23.7 Å². The zero-order valence-electron chi connectivity index (χ0n) is 12.8. The van der Waals surface area contributed by atoms with E-state index in [0.717, 1.165) is 12.1 Å². The van der Waals surface area contributed by atoms with Crippen LogP contribution < -0.4 is 0 Å². The smallest absolute Gasteiger partial charge is 0.315 e. The number of carbonyl (C=O) groups is 1. The number of morpholine rings is 1. The van der Waals surface area contributed by atoms with E-state index in [0.29, 0.717) is 13.1 Å². The molecular formula is C14H19ClN2O6. The molecule has 0 bridgehead atoms. The van der Waals surface area contributed by atoms with Crippen molar-refractivity contribution in [2.24, 2.45) is 0 Å². The van der Waals surface area contributed by atoms with E-state index in [4.69, 9.17) is 4.74 Å². The molecular weight excluding hydrogens is 328 g/mol. The minimum Gasteiger partial charge on any atom is -0.504 e. The van der Waals surface area contributed by atoms with Gasteiger partial charge in [-0.05, 0) is 19.9 Å². The molecule has 1 fully saturated rings. The van der Waals surface area contributed by atoms with E-state index in [2.05, 4.69) is 0 Å². The molecule has 9 heteroatoms. The van der Waals surface area contributed by atoms with Crippen LogP contribution in [-0.2, 0) is 4.74 Å². The molecule has 1 aromatic rings. The lowest BCUT2D eigenvalue weighted by Gasteiger charge is -2.34. The number of ketones is 1. The van der Waals surface area contributed by atoms with Gasteiger partial charge in [0.25, 0.3) is 0 Å². The van der Waals surface area contributed by atoms with Crippen molar-refractivity contribution in [3.8, 4) is 11.5 Å². The fourth-order valence-corrected chi connectivity index (χ4v) is 2.61. The Bertz CT molecular complexity index is 599. The minimum absolute atomic E-state index is 0. The van der Waals surface area contributed by atoms with E-state index in [9.17, 15) is 25.1 Å². The van der Waals surface area contributed by atoms with E-state index in [1.807, 2.05) is 18.7 Å². The standard InChI is InChI=1S/C14H18N2O6.ClH/c1-8-5-15(6-9(2)22-8)7-13(18)10-3-11(16(20)21)14(19)12(17)4-10;/h3-4,8-9,17,19H,5-7H2,1-2H3;1H. The second-order valence-corrected chi connectivity index (χ2v) is 5.49. The van der Waals surface area contributed by atoms with Crippen molar-refractivity contribution < 1.29 is 24.7 Å². The summed E-state index contributed by atoms with van der Waals surface area (Å²) >= 11 is 0. The van der Waals surface area contributed by atoms with E-state index < -0.39 is 22.1 Å². The molecule has 2 rings (SSSR count). The number of nitro benzene ring substituents is 1. The minimum atomic E-state index is -0.843. The van der Waals surface area contributed by atoms with Crippen molar-refractivity contribution in [1.29, 1.82) is 0 Å². The maximum absolute atomic E-state index is 12.3. The van der Waals surface area contributed by atoms with Crippen molar-refractivity contribution in [1.82, 2.24) is 4.90 Å². The summed E-state index contributed by atoms with van der Waals surface area (Å²) in [6.45, 7) is 5.05. The van der Waals surface area contributed by atoms with Crippen LogP contribution in [0.5, 0.6) is 11.5 Å². The predicted octanol–water partition coefficient (Wildman–Crippen LogP) is 1.72. The largest absolute Gasteiger partial charge is 0.504 e.